The van der Waals surface area contributed by atoms with Crippen LogP contribution in [0.5, 0.6) is 0 Å². The van der Waals surface area contributed by atoms with Crippen molar-refractivity contribution in [2.75, 3.05) is 0 Å². The second kappa shape index (κ2) is 3.30. The molecule has 0 fully saturated rings. The molecule has 0 atom stereocenters. The molecule has 0 spiro atoms. The van der Waals surface area contributed by atoms with Gasteiger partial charge in [-0.05, 0) is 18.2 Å². The summed E-state index contributed by atoms with van der Waals surface area (Å²) in [7, 11) is 0. The summed E-state index contributed by atoms with van der Waals surface area (Å²) < 4.78 is 36.6. The lowest BCUT2D eigenvalue weighted by Gasteiger charge is -2.04. The summed E-state index contributed by atoms with van der Waals surface area (Å²) in [4.78, 5) is 3.33. The van der Waals surface area contributed by atoms with Crippen LogP contribution >= 0.6 is 11.6 Å². The smallest absolute Gasteiger partial charge is 0.221 e. The first-order valence-corrected chi connectivity index (χ1v) is 4.22. The van der Waals surface area contributed by atoms with E-state index in [2.05, 4.69) is 15.2 Å². The fourth-order valence-corrected chi connectivity index (χ4v) is 1.20. The Morgan fingerprint density at radius 2 is 1.80 bits per heavy atom. The molecule has 0 amide bonds. The number of hydrogen-bond donors (Lipinski definition) is 0. The van der Waals surface area contributed by atoms with Gasteiger partial charge in [0.1, 0.15) is 5.52 Å². The lowest BCUT2D eigenvalue weighted by atomic mass is 10.3. The van der Waals surface area contributed by atoms with E-state index in [-0.39, 0.29) is 11.0 Å². The highest BCUT2D eigenvalue weighted by Gasteiger charge is 2.35. The maximum absolute atomic E-state index is 12.2. The summed E-state index contributed by atoms with van der Waals surface area (Å²) in [5.41, 5.74) is 0.345. The number of fused-ring (bicyclic) bond motifs is 1. The highest BCUT2D eigenvalue weighted by Crippen LogP contribution is 2.26. The Bertz CT molecular complexity index is 512. The molecule has 2 rings (SSSR count). The highest BCUT2D eigenvalue weighted by atomic mass is 35.5. The quantitative estimate of drug-likeness (QED) is 0.702. The molecule has 1 aromatic carbocycles. The number of aromatic nitrogens is 3. The number of alkyl halides is 3. The van der Waals surface area contributed by atoms with Gasteiger partial charge in [0.15, 0.2) is 0 Å². The number of halogens is 4. The van der Waals surface area contributed by atoms with E-state index in [1.807, 2.05) is 0 Å². The lowest BCUT2D eigenvalue weighted by Crippen LogP contribution is -2.12. The van der Waals surface area contributed by atoms with Crippen molar-refractivity contribution >= 4 is 22.6 Å². The van der Waals surface area contributed by atoms with Crippen molar-refractivity contribution in [2.45, 2.75) is 6.18 Å². The van der Waals surface area contributed by atoms with E-state index in [1.54, 1.807) is 0 Å². The minimum absolute atomic E-state index is 0.113. The molecule has 1 heterocycles. The molecule has 0 saturated heterocycles. The summed E-state index contributed by atoms with van der Waals surface area (Å²) in [6.07, 6.45) is -4.58. The third-order valence-corrected chi connectivity index (χ3v) is 1.90. The van der Waals surface area contributed by atoms with E-state index in [0.717, 1.165) is 0 Å². The molecule has 0 N–H and O–H groups in total. The third kappa shape index (κ3) is 1.99. The Morgan fingerprint density at radius 1 is 1.07 bits per heavy atom. The third-order valence-electron chi connectivity index (χ3n) is 1.67. The standard InChI is InChI=1S/C8H3ClF3N3/c9-4-1-2-5-6(3-4)14-15-7(13-5)8(10,11)12/h1-3H. The second-order valence-electron chi connectivity index (χ2n) is 2.77. The maximum atomic E-state index is 12.2. The SMILES string of the molecule is FC(F)(F)c1nnc2cc(Cl)ccc2n1. The first kappa shape index (κ1) is 10.1. The zero-order valence-corrected chi connectivity index (χ0v) is 7.84. The molecule has 0 bridgehead atoms. The Morgan fingerprint density at radius 3 is 2.47 bits per heavy atom. The normalized spacial score (nSPS) is 12.0. The predicted octanol–water partition coefficient (Wildman–Crippen LogP) is 2.70. The molecular weight excluding hydrogens is 231 g/mol. The van der Waals surface area contributed by atoms with Crippen LogP contribution in [0.1, 0.15) is 5.82 Å². The zero-order chi connectivity index (χ0) is 11.1. The first-order valence-electron chi connectivity index (χ1n) is 3.84. The molecule has 0 unspecified atom stereocenters. The van der Waals surface area contributed by atoms with Crippen LogP contribution in [0.3, 0.4) is 0 Å². The maximum Gasteiger partial charge on any atom is 0.453 e. The Balaban J connectivity index is 2.62. The van der Waals surface area contributed by atoms with Crippen LogP contribution in [0.4, 0.5) is 13.2 Å². The minimum Gasteiger partial charge on any atom is -0.221 e. The molecule has 0 aliphatic heterocycles. The molecule has 3 nitrogen and oxygen atoms in total. The van der Waals surface area contributed by atoms with Crippen molar-refractivity contribution in [3.8, 4) is 0 Å². The molecule has 7 heteroatoms. The summed E-state index contributed by atoms with van der Waals surface area (Å²) in [6, 6.07) is 4.21. The fraction of sp³-hybridized carbons (Fsp3) is 0.125. The van der Waals surface area contributed by atoms with Crippen molar-refractivity contribution in [3.63, 3.8) is 0 Å². The van der Waals surface area contributed by atoms with Gasteiger partial charge in [0.25, 0.3) is 5.82 Å². The van der Waals surface area contributed by atoms with E-state index in [0.29, 0.717) is 5.02 Å². The van der Waals surface area contributed by atoms with E-state index < -0.39 is 12.0 Å². The van der Waals surface area contributed by atoms with Crippen molar-refractivity contribution < 1.29 is 13.2 Å². The number of hydrogen-bond acceptors (Lipinski definition) is 3. The molecule has 1 aromatic heterocycles. The molecule has 0 aliphatic carbocycles. The van der Waals surface area contributed by atoms with E-state index in [1.165, 1.54) is 18.2 Å². The van der Waals surface area contributed by atoms with Gasteiger partial charge in [0.2, 0.25) is 0 Å². The molecule has 0 radical (unpaired) electrons. The van der Waals surface area contributed by atoms with Gasteiger partial charge in [0, 0.05) is 5.02 Å². The van der Waals surface area contributed by atoms with Gasteiger partial charge in [-0.25, -0.2) is 4.98 Å². The Labute approximate surface area is 86.9 Å². The van der Waals surface area contributed by atoms with E-state index in [4.69, 9.17) is 11.6 Å². The van der Waals surface area contributed by atoms with Gasteiger partial charge in [-0.3, -0.25) is 0 Å². The van der Waals surface area contributed by atoms with Gasteiger partial charge in [0.05, 0.1) is 5.52 Å². The molecule has 0 saturated carbocycles. The average Bonchev–Trinajstić information content (AvgIpc) is 2.15. The van der Waals surface area contributed by atoms with Crippen LogP contribution < -0.4 is 0 Å². The van der Waals surface area contributed by atoms with Gasteiger partial charge in [-0.1, -0.05) is 11.6 Å². The summed E-state index contributed by atoms with van der Waals surface area (Å²) in [6.45, 7) is 0. The van der Waals surface area contributed by atoms with E-state index in [9.17, 15) is 13.2 Å². The zero-order valence-electron chi connectivity index (χ0n) is 7.09. The largest absolute Gasteiger partial charge is 0.453 e. The van der Waals surface area contributed by atoms with Crippen LogP contribution in [-0.2, 0) is 6.18 Å². The van der Waals surface area contributed by atoms with Gasteiger partial charge in [-0.2, -0.15) is 13.2 Å². The summed E-state index contributed by atoms with van der Waals surface area (Å²) in [5, 5.41) is 6.74. The van der Waals surface area contributed by atoms with Crippen molar-refractivity contribution in [3.05, 3.63) is 29.0 Å². The number of nitrogens with zero attached hydrogens (tertiary/aromatic N) is 3. The van der Waals surface area contributed by atoms with Crippen molar-refractivity contribution in [2.24, 2.45) is 0 Å². The van der Waals surface area contributed by atoms with Crippen molar-refractivity contribution in [1.82, 2.24) is 15.2 Å². The predicted molar refractivity (Wildman–Crippen MR) is 47.3 cm³/mol. The Hall–Kier alpha value is -1.43. The summed E-state index contributed by atoms with van der Waals surface area (Å²) in [5.74, 6) is -1.25. The molecule has 2 aromatic rings. The lowest BCUT2D eigenvalue weighted by molar-refractivity contribution is -0.145. The molecule has 15 heavy (non-hydrogen) atoms. The van der Waals surface area contributed by atoms with E-state index >= 15 is 0 Å². The fourth-order valence-electron chi connectivity index (χ4n) is 1.03. The minimum atomic E-state index is -4.58. The van der Waals surface area contributed by atoms with Crippen LogP contribution in [0, 0.1) is 0 Å². The number of benzene rings is 1. The topological polar surface area (TPSA) is 38.7 Å². The van der Waals surface area contributed by atoms with Crippen molar-refractivity contribution in [1.29, 1.82) is 0 Å². The second-order valence-corrected chi connectivity index (χ2v) is 3.20. The van der Waals surface area contributed by atoms with Gasteiger partial charge >= 0.3 is 6.18 Å². The Kier molecular flexibility index (Phi) is 2.22. The summed E-state index contributed by atoms with van der Waals surface area (Å²) >= 11 is 5.63. The average molecular weight is 234 g/mol. The molecular formula is C8H3ClF3N3. The van der Waals surface area contributed by atoms with Crippen LogP contribution in [0.25, 0.3) is 11.0 Å². The van der Waals surface area contributed by atoms with Crippen LogP contribution in [0.2, 0.25) is 5.02 Å². The number of rotatable bonds is 0. The first-order chi connectivity index (χ1) is 6.97. The highest BCUT2D eigenvalue weighted by molar-refractivity contribution is 6.31. The van der Waals surface area contributed by atoms with Crippen LogP contribution in [0.15, 0.2) is 18.2 Å². The van der Waals surface area contributed by atoms with Gasteiger partial charge in [-0.15, -0.1) is 10.2 Å². The molecule has 0 aliphatic rings. The van der Waals surface area contributed by atoms with Gasteiger partial charge < -0.3 is 0 Å². The van der Waals surface area contributed by atoms with Crippen LogP contribution in [-0.4, -0.2) is 15.2 Å². The molecule has 78 valence electrons. The monoisotopic (exact) mass is 233 g/mol.